The van der Waals surface area contributed by atoms with Crippen LogP contribution in [-0.4, -0.2) is 25.3 Å². The van der Waals surface area contributed by atoms with Crippen molar-refractivity contribution in [2.24, 2.45) is 0 Å². The molecule has 0 aromatic carbocycles. The van der Waals surface area contributed by atoms with E-state index >= 15 is 0 Å². The van der Waals surface area contributed by atoms with Crippen LogP contribution in [0.4, 0.5) is 0 Å². The Kier molecular flexibility index (Phi) is 4.42. The van der Waals surface area contributed by atoms with E-state index in [0.717, 1.165) is 12.4 Å². The summed E-state index contributed by atoms with van der Waals surface area (Å²) in [7, 11) is 5.09. The Hall–Kier alpha value is 1.05. The van der Waals surface area contributed by atoms with E-state index in [2.05, 4.69) is 0 Å². The Morgan fingerprint density at radius 2 is 2.50 bits per heavy atom. The molecule has 10 heavy (non-hydrogen) atoms. The van der Waals surface area contributed by atoms with Crippen LogP contribution in [-0.2, 0) is 9.26 Å². The van der Waals surface area contributed by atoms with Gasteiger partial charge in [-0.15, -0.1) is 0 Å². The van der Waals surface area contributed by atoms with Crippen LogP contribution in [0.5, 0.6) is 0 Å². The molecule has 0 saturated carbocycles. The van der Waals surface area contributed by atoms with Crippen molar-refractivity contribution in [2.75, 3.05) is 19.5 Å². The Labute approximate surface area is 70.4 Å². The van der Waals surface area contributed by atoms with Crippen molar-refractivity contribution in [1.29, 1.82) is 0 Å². The van der Waals surface area contributed by atoms with E-state index in [9.17, 15) is 0 Å². The van der Waals surface area contributed by atoms with Crippen LogP contribution >= 0.6 is 28.6 Å². The lowest BCUT2D eigenvalue weighted by molar-refractivity contribution is 0.176. The summed E-state index contributed by atoms with van der Waals surface area (Å²) in [4.78, 5) is 0. The molecule has 2 nitrogen and oxygen atoms in total. The van der Waals surface area contributed by atoms with Gasteiger partial charge in [0.1, 0.15) is 13.2 Å². The molecule has 2 atom stereocenters. The van der Waals surface area contributed by atoms with Gasteiger partial charge in [-0.1, -0.05) is 10.8 Å². The molecule has 1 rings (SSSR count). The fourth-order valence-corrected chi connectivity index (χ4v) is 7.94. The monoisotopic (exact) mass is 198 g/mol. The molecule has 0 radical (unpaired) electrons. The zero-order chi connectivity index (χ0) is 7.40. The molecule has 1 aliphatic heterocycles. The van der Waals surface area contributed by atoms with Crippen molar-refractivity contribution in [3.8, 4) is 0 Å². The van der Waals surface area contributed by atoms with Crippen LogP contribution in [0.1, 0.15) is 6.92 Å². The van der Waals surface area contributed by atoms with E-state index in [4.69, 9.17) is 9.26 Å². The summed E-state index contributed by atoms with van der Waals surface area (Å²) in [5.74, 6) is 1.43. The Bertz CT molecular complexity index is 104. The second-order valence-corrected chi connectivity index (χ2v) is 7.45. The maximum absolute atomic E-state index is 5.49. The molecule has 1 aliphatic rings. The summed E-state index contributed by atoms with van der Waals surface area (Å²) in [6.07, 6.45) is 0. The highest BCUT2D eigenvalue weighted by atomic mass is 33.3. The van der Waals surface area contributed by atoms with E-state index in [0.29, 0.717) is 5.85 Å². The molecule has 0 spiro atoms. The van der Waals surface area contributed by atoms with Crippen molar-refractivity contribution in [3.05, 3.63) is 0 Å². The SMILES string of the molecule is CCOP1SSCC1OC. The van der Waals surface area contributed by atoms with Gasteiger partial charge in [0, 0.05) is 19.5 Å². The Balaban J connectivity index is 2.27. The summed E-state index contributed by atoms with van der Waals surface area (Å²) in [6, 6.07) is 0. The standard InChI is InChI=1S/C5H11O2PS2/c1-3-7-8-5(6-2)4-9-10-8/h5H,3-4H2,1-2H3. The maximum atomic E-state index is 5.49. The fourth-order valence-electron chi connectivity index (χ4n) is 0.635. The molecule has 0 aliphatic carbocycles. The molecule has 1 saturated heterocycles. The van der Waals surface area contributed by atoms with Gasteiger partial charge in [0.2, 0.25) is 0 Å². The van der Waals surface area contributed by atoms with Crippen molar-refractivity contribution in [3.63, 3.8) is 0 Å². The van der Waals surface area contributed by atoms with E-state index in [1.54, 1.807) is 7.11 Å². The van der Waals surface area contributed by atoms with Gasteiger partial charge < -0.3 is 9.26 Å². The van der Waals surface area contributed by atoms with Gasteiger partial charge >= 0.3 is 0 Å². The van der Waals surface area contributed by atoms with E-state index < -0.39 is 0 Å². The highest BCUT2D eigenvalue weighted by Gasteiger charge is 2.29. The summed E-state index contributed by atoms with van der Waals surface area (Å²) >= 11 is 0. The average Bonchev–Trinajstić information content (AvgIpc) is 2.36. The lowest BCUT2D eigenvalue weighted by atomic mass is 10.8. The summed E-state index contributed by atoms with van der Waals surface area (Å²) in [6.45, 7) is 2.83. The first-order chi connectivity index (χ1) is 4.88. The van der Waals surface area contributed by atoms with Gasteiger partial charge in [-0.3, -0.25) is 0 Å². The smallest absolute Gasteiger partial charge is 0.130 e. The van der Waals surface area contributed by atoms with Crippen molar-refractivity contribution in [2.45, 2.75) is 12.8 Å². The van der Waals surface area contributed by atoms with E-state index in [1.165, 1.54) is 0 Å². The topological polar surface area (TPSA) is 18.5 Å². The van der Waals surface area contributed by atoms with E-state index in [1.807, 2.05) is 28.1 Å². The minimum absolute atomic E-state index is 0.351. The second kappa shape index (κ2) is 4.83. The number of hydrogen-bond acceptors (Lipinski definition) is 4. The van der Waals surface area contributed by atoms with Gasteiger partial charge in [-0.2, -0.15) is 0 Å². The average molecular weight is 198 g/mol. The lowest BCUT2D eigenvalue weighted by Gasteiger charge is -2.14. The van der Waals surface area contributed by atoms with Gasteiger partial charge in [0.25, 0.3) is 0 Å². The zero-order valence-electron chi connectivity index (χ0n) is 6.07. The summed E-state index contributed by atoms with van der Waals surface area (Å²) < 4.78 is 10.7. The van der Waals surface area contributed by atoms with Crippen LogP contribution in [0.25, 0.3) is 0 Å². The summed E-state index contributed by atoms with van der Waals surface area (Å²) in [5, 5.41) is 0. The minimum Gasteiger partial charge on any atom is -0.373 e. The first-order valence-electron chi connectivity index (χ1n) is 3.13. The van der Waals surface area contributed by atoms with Crippen LogP contribution < -0.4 is 0 Å². The molecule has 1 heterocycles. The van der Waals surface area contributed by atoms with Gasteiger partial charge in [-0.05, 0) is 17.3 Å². The van der Waals surface area contributed by atoms with Crippen molar-refractivity contribution in [1.82, 2.24) is 0 Å². The second-order valence-electron chi connectivity index (χ2n) is 1.75. The van der Waals surface area contributed by atoms with E-state index in [-0.39, 0.29) is 7.35 Å². The molecular formula is C5H11O2PS2. The highest BCUT2D eigenvalue weighted by molar-refractivity contribution is 8.99. The summed E-state index contributed by atoms with van der Waals surface area (Å²) in [5.41, 5.74) is 0. The largest absolute Gasteiger partial charge is 0.373 e. The number of hydrogen-bond donors (Lipinski definition) is 0. The Morgan fingerprint density at radius 3 is 3.10 bits per heavy atom. The quantitative estimate of drug-likeness (QED) is 0.512. The zero-order valence-corrected chi connectivity index (χ0v) is 8.60. The number of ether oxygens (including phenoxy) is 1. The molecule has 0 aromatic rings. The third kappa shape index (κ3) is 2.28. The molecule has 1 fully saturated rings. The van der Waals surface area contributed by atoms with Crippen LogP contribution in [0.3, 0.4) is 0 Å². The highest BCUT2D eigenvalue weighted by Crippen LogP contribution is 2.67. The maximum Gasteiger partial charge on any atom is 0.130 e. The van der Waals surface area contributed by atoms with Crippen molar-refractivity contribution >= 4 is 28.6 Å². The molecule has 0 amide bonds. The van der Waals surface area contributed by atoms with Gasteiger partial charge in [-0.25, -0.2) is 0 Å². The fraction of sp³-hybridized carbons (Fsp3) is 1.00. The molecule has 0 bridgehead atoms. The van der Waals surface area contributed by atoms with Crippen LogP contribution in [0.15, 0.2) is 0 Å². The van der Waals surface area contributed by atoms with Crippen LogP contribution in [0, 0.1) is 0 Å². The molecule has 0 N–H and O–H groups in total. The van der Waals surface area contributed by atoms with Crippen molar-refractivity contribution < 1.29 is 9.26 Å². The number of methoxy groups -OCH3 is 1. The molecular weight excluding hydrogens is 187 g/mol. The molecule has 0 aromatic heterocycles. The first kappa shape index (κ1) is 9.14. The van der Waals surface area contributed by atoms with Gasteiger partial charge in [0.05, 0.1) is 0 Å². The third-order valence-corrected chi connectivity index (χ3v) is 7.87. The number of rotatable bonds is 3. The molecule has 2 unspecified atom stereocenters. The predicted molar refractivity (Wildman–Crippen MR) is 49.4 cm³/mol. The first-order valence-corrected chi connectivity index (χ1v) is 7.38. The minimum atomic E-state index is -0.351. The molecule has 5 heteroatoms. The third-order valence-electron chi connectivity index (χ3n) is 1.10. The molecule has 60 valence electrons. The normalized spacial score (nSPS) is 33.0. The van der Waals surface area contributed by atoms with Gasteiger partial charge in [0.15, 0.2) is 0 Å². The lowest BCUT2D eigenvalue weighted by Crippen LogP contribution is -2.06. The van der Waals surface area contributed by atoms with Crippen LogP contribution in [0.2, 0.25) is 0 Å². The predicted octanol–water partition coefficient (Wildman–Crippen LogP) is 2.70. The Morgan fingerprint density at radius 1 is 1.70 bits per heavy atom.